The first-order valence-corrected chi connectivity index (χ1v) is 11.7. The molecule has 1 saturated heterocycles. The monoisotopic (exact) mass is 469 g/mol. The number of carbonyl (C=O) groups excluding carboxylic acids is 1. The third-order valence-electron chi connectivity index (χ3n) is 6.19. The Labute approximate surface area is 209 Å². The molecule has 0 spiro atoms. The highest BCUT2D eigenvalue weighted by Gasteiger charge is 2.14. The van der Waals surface area contributed by atoms with Crippen LogP contribution in [0.1, 0.15) is 35.3 Å². The zero-order valence-corrected chi connectivity index (χ0v) is 19.8. The second-order valence-electron chi connectivity index (χ2n) is 8.82. The summed E-state index contributed by atoms with van der Waals surface area (Å²) in [4.78, 5) is 21.3. The Hall–Kier alpha value is -3.82. The normalized spacial score (nSPS) is 13.8. The van der Waals surface area contributed by atoms with Gasteiger partial charge in [-0.25, -0.2) is 4.85 Å². The number of nitrogens with zero attached hydrogens (tertiary/aromatic N) is 3. The van der Waals surface area contributed by atoms with Gasteiger partial charge in [-0.15, -0.1) is 0 Å². The molecule has 0 aliphatic carbocycles. The molecule has 35 heavy (non-hydrogen) atoms. The maximum Gasteiger partial charge on any atom is 0.255 e. The van der Waals surface area contributed by atoms with Crippen molar-refractivity contribution in [2.75, 3.05) is 48.8 Å². The van der Waals surface area contributed by atoms with Crippen molar-refractivity contribution in [2.45, 2.75) is 27.3 Å². The fourth-order valence-electron chi connectivity index (χ4n) is 4.17. The highest BCUT2D eigenvalue weighted by molar-refractivity contribution is 6.04. The number of carbonyl (C=O) groups is 1. The molecule has 0 aromatic heterocycles. The molecule has 6 nitrogen and oxygen atoms in total. The van der Waals surface area contributed by atoms with Crippen LogP contribution in [0.25, 0.3) is 4.85 Å². The molecule has 6 heteroatoms. The van der Waals surface area contributed by atoms with E-state index in [0.717, 1.165) is 60.8 Å². The molecule has 0 radical (unpaired) electrons. The molecule has 1 aliphatic heterocycles. The first-order valence-electron chi connectivity index (χ1n) is 11.7. The largest absolute Gasteiger partial charge is 0.382 e. The van der Waals surface area contributed by atoms with E-state index in [-0.39, 0.29) is 13.3 Å². The minimum Gasteiger partial charge on any atom is -0.382 e. The highest BCUT2D eigenvalue weighted by Crippen LogP contribution is 2.23. The molecule has 0 bridgehead atoms. The molecule has 3 aromatic carbocycles. The van der Waals surface area contributed by atoms with Crippen LogP contribution in [0.3, 0.4) is 0 Å². The smallest absolute Gasteiger partial charge is 0.255 e. The van der Waals surface area contributed by atoms with Gasteiger partial charge in [-0.05, 0) is 80.5 Å². The Balaban J connectivity index is 0.00000342. The summed E-state index contributed by atoms with van der Waals surface area (Å²) in [6.07, 6.45) is 1.14. The van der Waals surface area contributed by atoms with Crippen molar-refractivity contribution in [3.8, 4) is 0 Å². The van der Waals surface area contributed by atoms with Gasteiger partial charge in [-0.1, -0.05) is 31.7 Å². The summed E-state index contributed by atoms with van der Waals surface area (Å²) in [6, 6.07) is 21.4. The van der Waals surface area contributed by atoms with Crippen LogP contribution in [0.15, 0.2) is 66.7 Å². The number of anilines is 3. The van der Waals surface area contributed by atoms with E-state index in [1.54, 1.807) is 6.07 Å². The molecule has 1 aliphatic rings. The van der Waals surface area contributed by atoms with Crippen molar-refractivity contribution in [1.29, 1.82) is 0 Å². The van der Waals surface area contributed by atoms with Crippen LogP contribution in [-0.4, -0.2) is 44.0 Å². The summed E-state index contributed by atoms with van der Waals surface area (Å²) in [5, 5.41) is 6.45. The van der Waals surface area contributed by atoms with Crippen LogP contribution < -0.4 is 15.5 Å². The Morgan fingerprint density at radius 2 is 1.80 bits per heavy atom. The number of hydrogen-bond acceptors (Lipinski definition) is 4. The number of amides is 1. The summed E-state index contributed by atoms with van der Waals surface area (Å²) in [5.74, 6) is -0.121. The van der Waals surface area contributed by atoms with Gasteiger partial charge in [0.2, 0.25) is 0 Å². The van der Waals surface area contributed by atoms with Crippen LogP contribution in [0, 0.1) is 13.5 Å². The van der Waals surface area contributed by atoms with Gasteiger partial charge in [0.05, 0.1) is 6.57 Å². The Bertz CT molecular complexity index is 1180. The SMILES string of the molecule is C.[C-]#[N+]c1cccc(NCc2ccc(C)cc2NC(=O)c2ccc(N3CCCN(C)CC3)cc2)c1. The predicted molar refractivity (Wildman–Crippen MR) is 147 cm³/mol. The van der Waals surface area contributed by atoms with Gasteiger partial charge < -0.3 is 20.4 Å². The van der Waals surface area contributed by atoms with Crippen LogP contribution >= 0.6 is 0 Å². The lowest BCUT2D eigenvalue weighted by Crippen LogP contribution is -2.28. The lowest BCUT2D eigenvalue weighted by molar-refractivity contribution is 0.102. The van der Waals surface area contributed by atoms with Crippen molar-refractivity contribution < 1.29 is 4.79 Å². The van der Waals surface area contributed by atoms with Gasteiger partial charge >= 0.3 is 0 Å². The van der Waals surface area contributed by atoms with Gasteiger partial charge in [0.25, 0.3) is 5.91 Å². The lowest BCUT2D eigenvalue weighted by Gasteiger charge is -2.23. The molecule has 0 unspecified atom stereocenters. The summed E-state index contributed by atoms with van der Waals surface area (Å²) in [5.41, 5.74) is 6.13. The summed E-state index contributed by atoms with van der Waals surface area (Å²) in [6.45, 7) is 13.9. The molecule has 1 fully saturated rings. The zero-order chi connectivity index (χ0) is 23.9. The van der Waals surface area contributed by atoms with E-state index >= 15 is 0 Å². The van der Waals surface area contributed by atoms with E-state index < -0.39 is 0 Å². The zero-order valence-electron chi connectivity index (χ0n) is 19.8. The number of likely N-dealkylation sites (N-methyl/N-ethyl adjacent to an activating group) is 1. The molecule has 2 N–H and O–H groups in total. The molecular formula is C29H35N5O. The summed E-state index contributed by atoms with van der Waals surface area (Å²) >= 11 is 0. The first kappa shape index (κ1) is 25.8. The molecule has 3 aromatic rings. The molecule has 0 atom stereocenters. The van der Waals surface area contributed by atoms with Crippen LogP contribution in [0.5, 0.6) is 0 Å². The van der Waals surface area contributed by atoms with Crippen molar-refractivity contribution in [3.05, 3.63) is 94.8 Å². The van der Waals surface area contributed by atoms with Gasteiger partial charge in [-0.2, -0.15) is 0 Å². The number of nitrogens with one attached hydrogen (secondary N) is 2. The summed E-state index contributed by atoms with van der Waals surface area (Å²) in [7, 11) is 2.16. The van der Waals surface area contributed by atoms with Crippen molar-refractivity contribution in [3.63, 3.8) is 0 Å². The number of hydrogen-bond donors (Lipinski definition) is 2. The molecule has 4 rings (SSSR count). The fourth-order valence-corrected chi connectivity index (χ4v) is 4.17. The minimum absolute atomic E-state index is 0. The number of benzene rings is 3. The van der Waals surface area contributed by atoms with E-state index in [9.17, 15) is 4.79 Å². The van der Waals surface area contributed by atoms with E-state index in [1.165, 1.54) is 0 Å². The van der Waals surface area contributed by atoms with Gasteiger partial charge in [-0.3, -0.25) is 4.79 Å². The second-order valence-corrected chi connectivity index (χ2v) is 8.82. The van der Waals surface area contributed by atoms with Gasteiger partial charge in [0, 0.05) is 48.8 Å². The number of aryl methyl sites for hydroxylation is 1. The topological polar surface area (TPSA) is 52.0 Å². The Morgan fingerprint density at radius 1 is 1.00 bits per heavy atom. The van der Waals surface area contributed by atoms with E-state index in [0.29, 0.717) is 17.8 Å². The van der Waals surface area contributed by atoms with Gasteiger partial charge in [0.15, 0.2) is 5.69 Å². The second kappa shape index (κ2) is 12.0. The summed E-state index contributed by atoms with van der Waals surface area (Å²) < 4.78 is 0. The average molecular weight is 470 g/mol. The standard InChI is InChI=1S/C28H31N5O.CH4/c1-21-8-9-23(20-30-25-7-4-6-24(19-25)29-2)27(18-21)31-28(34)22-10-12-26(13-11-22)33-15-5-14-32(3)16-17-33;/h4,6-13,18-19,30H,5,14-17,20H2,1,3H3,(H,31,34);1H4. The van der Waals surface area contributed by atoms with Gasteiger partial charge in [0.1, 0.15) is 0 Å². The number of rotatable bonds is 6. The maximum absolute atomic E-state index is 13.0. The van der Waals surface area contributed by atoms with Crippen molar-refractivity contribution >= 4 is 28.7 Å². The molecule has 0 saturated carbocycles. The van der Waals surface area contributed by atoms with Crippen molar-refractivity contribution in [1.82, 2.24) is 4.90 Å². The van der Waals surface area contributed by atoms with E-state index in [2.05, 4.69) is 32.3 Å². The molecule has 182 valence electrons. The van der Waals surface area contributed by atoms with E-state index in [4.69, 9.17) is 6.57 Å². The first-order chi connectivity index (χ1) is 16.5. The molecular weight excluding hydrogens is 434 g/mol. The van der Waals surface area contributed by atoms with Crippen molar-refractivity contribution in [2.24, 2.45) is 0 Å². The highest BCUT2D eigenvalue weighted by atomic mass is 16.1. The lowest BCUT2D eigenvalue weighted by atomic mass is 10.1. The van der Waals surface area contributed by atoms with E-state index in [1.807, 2.05) is 67.6 Å². The third-order valence-corrected chi connectivity index (χ3v) is 6.19. The van der Waals surface area contributed by atoms with Crippen LogP contribution in [-0.2, 0) is 6.54 Å². The quantitative estimate of drug-likeness (QED) is 0.423. The fraction of sp³-hybridized carbons (Fsp3) is 0.310. The Kier molecular flexibility index (Phi) is 8.88. The third kappa shape index (κ3) is 6.84. The van der Waals surface area contributed by atoms with Crippen LogP contribution in [0.2, 0.25) is 0 Å². The molecule has 1 amide bonds. The predicted octanol–water partition coefficient (Wildman–Crippen LogP) is 6.19. The van der Waals surface area contributed by atoms with Crippen LogP contribution in [0.4, 0.5) is 22.7 Å². The average Bonchev–Trinajstić information content (AvgIpc) is 3.08. The minimum atomic E-state index is -0.121. The molecule has 1 heterocycles. The Morgan fingerprint density at radius 3 is 2.57 bits per heavy atom. The maximum atomic E-state index is 13.0.